The minimum atomic E-state index is -0.865. The maximum atomic E-state index is 3.76. The lowest BCUT2D eigenvalue weighted by Gasteiger charge is -2.19. The van der Waals surface area contributed by atoms with Crippen LogP contribution in [0.5, 0.6) is 0 Å². The van der Waals surface area contributed by atoms with Gasteiger partial charge in [-0.05, 0) is 17.3 Å². The molecule has 78 valence electrons. The Hall–Kier alpha value is -0.386. The molecule has 0 heterocycles. The van der Waals surface area contributed by atoms with Crippen molar-refractivity contribution in [1.29, 1.82) is 0 Å². The van der Waals surface area contributed by atoms with E-state index in [-0.39, 0.29) is 0 Å². The smallest absolute Gasteiger partial charge is 0.141 e. The van der Waals surface area contributed by atoms with Crippen LogP contribution in [0.2, 0.25) is 12.1 Å². The zero-order chi connectivity index (χ0) is 10.4. The van der Waals surface area contributed by atoms with E-state index in [0.717, 1.165) is 0 Å². The summed E-state index contributed by atoms with van der Waals surface area (Å²) in [6.07, 6.45) is 0. The fourth-order valence-corrected chi connectivity index (χ4v) is 6.22. The molecule has 0 aliphatic heterocycles. The molecule has 0 bridgehead atoms. The second kappa shape index (κ2) is 6.16. The monoisotopic (exact) mass is 223 g/mol. The first-order chi connectivity index (χ1) is 6.74. The van der Waals surface area contributed by atoms with Crippen LogP contribution in [0.15, 0.2) is 30.3 Å². The fraction of sp³-hybridized carbons (Fsp3) is 0.455. The summed E-state index contributed by atoms with van der Waals surface area (Å²) in [5, 5.41) is 1.57. The predicted octanol–water partition coefficient (Wildman–Crippen LogP) is 0.399. The van der Waals surface area contributed by atoms with Gasteiger partial charge in [0.25, 0.3) is 0 Å². The third-order valence-corrected chi connectivity index (χ3v) is 7.46. The number of benzene rings is 1. The average molecular weight is 223 g/mol. The first-order valence-electron chi connectivity index (χ1n) is 5.55. The first-order valence-corrected chi connectivity index (χ1v) is 8.93. The van der Waals surface area contributed by atoms with Gasteiger partial charge in [-0.1, -0.05) is 50.2 Å². The SMILES string of the molecule is CC(C)N[SiH](CC[SiH3])c1ccccc1. The molecule has 1 nitrogen and oxygen atoms in total. The molecule has 1 atom stereocenters. The predicted molar refractivity (Wildman–Crippen MR) is 71.0 cm³/mol. The average Bonchev–Trinajstić information content (AvgIpc) is 2.18. The molecule has 0 saturated carbocycles. The number of rotatable bonds is 5. The van der Waals surface area contributed by atoms with Crippen molar-refractivity contribution < 1.29 is 0 Å². The molecule has 0 amide bonds. The van der Waals surface area contributed by atoms with Crippen LogP contribution in [0.25, 0.3) is 0 Å². The summed E-state index contributed by atoms with van der Waals surface area (Å²) >= 11 is 0. The minimum Gasteiger partial charge on any atom is -0.334 e. The molecular weight excluding hydrogens is 202 g/mol. The van der Waals surface area contributed by atoms with E-state index in [9.17, 15) is 0 Å². The summed E-state index contributed by atoms with van der Waals surface area (Å²) < 4.78 is 0. The fourth-order valence-electron chi connectivity index (χ4n) is 1.72. The van der Waals surface area contributed by atoms with E-state index < -0.39 is 8.96 Å². The van der Waals surface area contributed by atoms with E-state index in [0.29, 0.717) is 6.04 Å². The highest BCUT2D eigenvalue weighted by molar-refractivity contribution is 6.71. The molecule has 0 aliphatic carbocycles. The Morgan fingerprint density at radius 1 is 1.29 bits per heavy atom. The minimum absolute atomic E-state index is 0.625. The Bertz CT molecular complexity index is 249. The van der Waals surface area contributed by atoms with E-state index in [1.54, 1.807) is 5.19 Å². The van der Waals surface area contributed by atoms with E-state index in [1.165, 1.54) is 22.3 Å². The van der Waals surface area contributed by atoms with Crippen LogP contribution in [-0.4, -0.2) is 25.2 Å². The van der Waals surface area contributed by atoms with Crippen molar-refractivity contribution >= 4 is 24.4 Å². The van der Waals surface area contributed by atoms with E-state index in [2.05, 4.69) is 49.2 Å². The molecule has 1 N–H and O–H groups in total. The van der Waals surface area contributed by atoms with Crippen molar-refractivity contribution in [1.82, 2.24) is 4.98 Å². The largest absolute Gasteiger partial charge is 0.334 e. The zero-order valence-corrected chi connectivity index (χ0v) is 12.6. The van der Waals surface area contributed by atoms with E-state index >= 15 is 0 Å². The molecule has 0 aromatic heterocycles. The summed E-state index contributed by atoms with van der Waals surface area (Å²) in [4.78, 5) is 3.76. The van der Waals surface area contributed by atoms with Crippen LogP contribution < -0.4 is 10.2 Å². The van der Waals surface area contributed by atoms with Crippen LogP contribution in [0.3, 0.4) is 0 Å². The highest BCUT2D eigenvalue weighted by Crippen LogP contribution is 1.97. The standard InChI is InChI=1S/C11H21NSi2/c1-10(2)12-14(9-8-13)11-6-4-3-5-7-11/h3-7,10,12,14H,8-9H2,1-2,13H3. The van der Waals surface area contributed by atoms with Crippen LogP contribution in [0, 0.1) is 0 Å². The van der Waals surface area contributed by atoms with Crippen LogP contribution >= 0.6 is 0 Å². The lowest BCUT2D eigenvalue weighted by molar-refractivity contribution is 0.744. The second-order valence-corrected chi connectivity index (χ2v) is 7.76. The molecule has 1 unspecified atom stereocenters. The van der Waals surface area contributed by atoms with Gasteiger partial charge < -0.3 is 4.98 Å². The second-order valence-electron chi connectivity index (χ2n) is 4.07. The number of hydrogen-bond acceptors (Lipinski definition) is 1. The van der Waals surface area contributed by atoms with Gasteiger partial charge in [-0.15, -0.1) is 0 Å². The zero-order valence-electron chi connectivity index (χ0n) is 9.46. The summed E-state index contributed by atoms with van der Waals surface area (Å²) in [6.45, 7) is 4.49. The molecule has 1 aromatic rings. The molecule has 1 aromatic carbocycles. The number of nitrogens with one attached hydrogen (secondary N) is 1. The quantitative estimate of drug-likeness (QED) is 0.713. The first kappa shape index (κ1) is 11.7. The van der Waals surface area contributed by atoms with Gasteiger partial charge in [0.05, 0.1) is 0 Å². The van der Waals surface area contributed by atoms with E-state index in [4.69, 9.17) is 0 Å². The molecule has 0 fully saturated rings. The third kappa shape index (κ3) is 3.78. The van der Waals surface area contributed by atoms with Gasteiger partial charge in [0.15, 0.2) is 0 Å². The van der Waals surface area contributed by atoms with Gasteiger partial charge >= 0.3 is 0 Å². The molecule has 0 aliphatic rings. The van der Waals surface area contributed by atoms with Gasteiger partial charge in [0.1, 0.15) is 8.96 Å². The molecule has 3 heteroatoms. The van der Waals surface area contributed by atoms with Gasteiger partial charge in [0.2, 0.25) is 0 Å². The van der Waals surface area contributed by atoms with Crippen LogP contribution in [0.4, 0.5) is 0 Å². The van der Waals surface area contributed by atoms with Crippen LogP contribution in [0.1, 0.15) is 13.8 Å². The Labute approximate surface area is 92.0 Å². The topological polar surface area (TPSA) is 12.0 Å². The summed E-state index contributed by atoms with van der Waals surface area (Å²) in [6, 6.07) is 14.4. The maximum absolute atomic E-state index is 3.76. The number of hydrogen-bond donors (Lipinski definition) is 1. The normalized spacial score (nSPS) is 13.4. The Kier molecular flexibility index (Phi) is 5.15. The van der Waals surface area contributed by atoms with Crippen molar-refractivity contribution in [2.24, 2.45) is 0 Å². The summed E-state index contributed by atoms with van der Waals surface area (Å²) in [7, 11) is 0.468. The van der Waals surface area contributed by atoms with Crippen molar-refractivity contribution in [3.05, 3.63) is 30.3 Å². The Balaban J connectivity index is 2.67. The third-order valence-electron chi connectivity index (χ3n) is 2.31. The molecular formula is C11H21NSi2. The Morgan fingerprint density at radius 2 is 1.93 bits per heavy atom. The van der Waals surface area contributed by atoms with Crippen molar-refractivity contribution in [3.63, 3.8) is 0 Å². The van der Waals surface area contributed by atoms with Gasteiger partial charge in [0, 0.05) is 10.2 Å². The molecule has 1 rings (SSSR count). The van der Waals surface area contributed by atoms with Gasteiger partial charge in [-0.2, -0.15) is 0 Å². The summed E-state index contributed by atoms with van der Waals surface area (Å²) in [5.41, 5.74) is 0. The maximum Gasteiger partial charge on any atom is 0.141 e. The summed E-state index contributed by atoms with van der Waals surface area (Å²) in [5.74, 6) is 0. The van der Waals surface area contributed by atoms with E-state index in [1.807, 2.05) is 0 Å². The lowest BCUT2D eigenvalue weighted by Crippen LogP contribution is -2.47. The highest BCUT2D eigenvalue weighted by Gasteiger charge is 2.12. The highest BCUT2D eigenvalue weighted by atomic mass is 28.3. The lowest BCUT2D eigenvalue weighted by atomic mass is 10.4. The van der Waals surface area contributed by atoms with Crippen molar-refractivity contribution in [2.45, 2.75) is 32.0 Å². The molecule has 0 spiro atoms. The van der Waals surface area contributed by atoms with Crippen LogP contribution in [-0.2, 0) is 0 Å². The van der Waals surface area contributed by atoms with Crippen molar-refractivity contribution in [2.75, 3.05) is 0 Å². The van der Waals surface area contributed by atoms with Gasteiger partial charge in [-0.3, -0.25) is 0 Å². The molecule has 0 radical (unpaired) electrons. The Morgan fingerprint density at radius 3 is 2.43 bits per heavy atom. The van der Waals surface area contributed by atoms with Gasteiger partial charge in [-0.25, -0.2) is 0 Å². The molecule has 14 heavy (non-hydrogen) atoms. The van der Waals surface area contributed by atoms with Crippen molar-refractivity contribution in [3.8, 4) is 0 Å². The molecule has 0 saturated heterocycles.